The monoisotopic (exact) mass is 285 g/mol. The number of methoxy groups -OCH3 is 1. The molecule has 1 atom stereocenters. The zero-order chi connectivity index (χ0) is 14.7. The number of nitrogens with zero attached hydrogens (tertiary/aromatic N) is 4. The Kier molecular flexibility index (Phi) is 3.85. The lowest BCUT2D eigenvalue weighted by Crippen LogP contribution is -2.12. The van der Waals surface area contributed by atoms with Crippen molar-refractivity contribution in [2.75, 3.05) is 13.7 Å². The SMILES string of the molecule is COCCC(N)c1nc(-c2ccc3nccnc3c2)no1. The molecule has 0 bridgehead atoms. The van der Waals surface area contributed by atoms with Gasteiger partial charge < -0.3 is 15.0 Å². The largest absolute Gasteiger partial charge is 0.385 e. The first-order valence-electron chi connectivity index (χ1n) is 6.57. The predicted octanol–water partition coefficient (Wildman–Crippen LogP) is 1.72. The average molecular weight is 285 g/mol. The van der Waals surface area contributed by atoms with Crippen molar-refractivity contribution in [1.82, 2.24) is 20.1 Å². The smallest absolute Gasteiger partial charge is 0.243 e. The fraction of sp³-hybridized carbons (Fsp3) is 0.286. The van der Waals surface area contributed by atoms with Crippen LogP contribution >= 0.6 is 0 Å². The van der Waals surface area contributed by atoms with Gasteiger partial charge in [0.2, 0.25) is 11.7 Å². The van der Waals surface area contributed by atoms with Crippen molar-refractivity contribution in [1.29, 1.82) is 0 Å². The molecule has 0 spiro atoms. The first-order chi connectivity index (χ1) is 10.3. The Morgan fingerprint density at radius 1 is 1.24 bits per heavy atom. The highest BCUT2D eigenvalue weighted by Gasteiger charge is 2.15. The lowest BCUT2D eigenvalue weighted by Gasteiger charge is -2.04. The van der Waals surface area contributed by atoms with E-state index >= 15 is 0 Å². The predicted molar refractivity (Wildman–Crippen MR) is 76.3 cm³/mol. The van der Waals surface area contributed by atoms with Gasteiger partial charge in [-0.05, 0) is 24.6 Å². The Labute approximate surface area is 121 Å². The first-order valence-corrected chi connectivity index (χ1v) is 6.57. The number of benzene rings is 1. The molecular weight excluding hydrogens is 270 g/mol. The van der Waals surface area contributed by atoms with Gasteiger partial charge in [0.15, 0.2) is 0 Å². The minimum absolute atomic E-state index is 0.327. The van der Waals surface area contributed by atoms with Gasteiger partial charge in [-0.2, -0.15) is 4.98 Å². The molecule has 0 aliphatic carbocycles. The summed E-state index contributed by atoms with van der Waals surface area (Å²) in [6.45, 7) is 0.546. The van der Waals surface area contributed by atoms with Crippen LogP contribution in [0.15, 0.2) is 35.1 Å². The summed E-state index contributed by atoms with van der Waals surface area (Å²) < 4.78 is 10.2. The molecule has 0 radical (unpaired) electrons. The molecule has 0 aliphatic heterocycles. The van der Waals surface area contributed by atoms with E-state index in [2.05, 4.69) is 20.1 Å². The Balaban J connectivity index is 1.87. The maximum Gasteiger partial charge on any atom is 0.243 e. The summed E-state index contributed by atoms with van der Waals surface area (Å²) in [7, 11) is 1.63. The van der Waals surface area contributed by atoms with Gasteiger partial charge in [-0.25, -0.2) is 0 Å². The van der Waals surface area contributed by atoms with Gasteiger partial charge in [-0.1, -0.05) is 5.16 Å². The van der Waals surface area contributed by atoms with Crippen molar-refractivity contribution in [3.05, 3.63) is 36.5 Å². The van der Waals surface area contributed by atoms with Crippen molar-refractivity contribution in [2.45, 2.75) is 12.5 Å². The van der Waals surface area contributed by atoms with Gasteiger partial charge in [0.05, 0.1) is 17.1 Å². The Bertz CT molecular complexity index is 743. The third kappa shape index (κ3) is 2.88. The van der Waals surface area contributed by atoms with E-state index in [1.54, 1.807) is 19.5 Å². The fourth-order valence-electron chi connectivity index (χ4n) is 1.97. The van der Waals surface area contributed by atoms with Crippen LogP contribution in [0.5, 0.6) is 0 Å². The molecule has 1 aromatic carbocycles. The minimum atomic E-state index is -0.327. The van der Waals surface area contributed by atoms with Crippen LogP contribution in [0, 0.1) is 0 Å². The summed E-state index contributed by atoms with van der Waals surface area (Å²) in [6.07, 6.45) is 3.93. The van der Waals surface area contributed by atoms with E-state index in [-0.39, 0.29) is 6.04 Å². The number of aromatic nitrogens is 4. The molecule has 0 fully saturated rings. The molecule has 0 saturated heterocycles. The molecule has 3 rings (SSSR count). The van der Waals surface area contributed by atoms with E-state index in [0.29, 0.717) is 24.7 Å². The molecule has 0 aliphatic rings. The summed E-state index contributed by atoms with van der Waals surface area (Å²) in [5, 5.41) is 3.97. The molecule has 1 unspecified atom stereocenters. The second-order valence-corrected chi connectivity index (χ2v) is 4.60. The Morgan fingerprint density at radius 3 is 2.86 bits per heavy atom. The molecule has 7 heteroatoms. The zero-order valence-corrected chi connectivity index (χ0v) is 11.6. The van der Waals surface area contributed by atoms with Crippen molar-refractivity contribution in [2.24, 2.45) is 5.73 Å². The van der Waals surface area contributed by atoms with Gasteiger partial charge in [-0.3, -0.25) is 9.97 Å². The summed E-state index contributed by atoms with van der Waals surface area (Å²) >= 11 is 0. The van der Waals surface area contributed by atoms with Crippen LogP contribution in [0.25, 0.3) is 22.4 Å². The Hall–Kier alpha value is -2.38. The van der Waals surface area contributed by atoms with Crippen LogP contribution in [-0.4, -0.2) is 33.8 Å². The van der Waals surface area contributed by atoms with Gasteiger partial charge in [-0.15, -0.1) is 0 Å². The fourth-order valence-corrected chi connectivity index (χ4v) is 1.97. The minimum Gasteiger partial charge on any atom is -0.385 e. The highest BCUT2D eigenvalue weighted by atomic mass is 16.5. The third-order valence-electron chi connectivity index (χ3n) is 3.12. The number of ether oxygens (including phenoxy) is 1. The lowest BCUT2D eigenvalue weighted by molar-refractivity contribution is 0.182. The normalized spacial score (nSPS) is 12.7. The van der Waals surface area contributed by atoms with Gasteiger partial charge in [0.1, 0.15) is 0 Å². The third-order valence-corrected chi connectivity index (χ3v) is 3.12. The molecule has 7 nitrogen and oxygen atoms in total. The van der Waals surface area contributed by atoms with Crippen LogP contribution in [0.1, 0.15) is 18.4 Å². The van der Waals surface area contributed by atoms with Gasteiger partial charge in [0.25, 0.3) is 0 Å². The van der Waals surface area contributed by atoms with Crippen LogP contribution < -0.4 is 5.73 Å². The standard InChI is InChI=1S/C14H15N5O2/c1-20-7-4-10(15)14-18-13(19-21-14)9-2-3-11-12(8-9)17-6-5-16-11/h2-3,5-6,8,10H,4,7,15H2,1H3. The average Bonchev–Trinajstić information content (AvgIpc) is 3.02. The quantitative estimate of drug-likeness (QED) is 0.761. The molecule has 2 aromatic heterocycles. The van der Waals surface area contributed by atoms with Crippen molar-refractivity contribution in [3.8, 4) is 11.4 Å². The second kappa shape index (κ2) is 5.94. The number of fused-ring (bicyclic) bond motifs is 1. The van der Waals surface area contributed by atoms with E-state index in [9.17, 15) is 0 Å². The molecular formula is C14H15N5O2. The zero-order valence-electron chi connectivity index (χ0n) is 11.6. The van der Waals surface area contributed by atoms with E-state index < -0.39 is 0 Å². The highest BCUT2D eigenvalue weighted by molar-refractivity contribution is 5.79. The van der Waals surface area contributed by atoms with E-state index in [1.807, 2.05) is 18.2 Å². The van der Waals surface area contributed by atoms with E-state index in [0.717, 1.165) is 16.6 Å². The van der Waals surface area contributed by atoms with Crippen LogP contribution in [0.2, 0.25) is 0 Å². The first kappa shape index (κ1) is 13.6. The molecule has 0 saturated carbocycles. The number of rotatable bonds is 5. The highest BCUT2D eigenvalue weighted by Crippen LogP contribution is 2.21. The molecule has 21 heavy (non-hydrogen) atoms. The van der Waals surface area contributed by atoms with Crippen LogP contribution in [-0.2, 0) is 4.74 Å². The number of hydrogen-bond donors (Lipinski definition) is 1. The summed E-state index contributed by atoms with van der Waals surface area (Å²) in [4.78, 5) is 12.8. The molecule has 0 amide bonds. The van der Waals surface area contributed by atoms with Gasteiger partial charge >= 0.3 is 0 Å². The second-order valence-electron chi connectivity index (χ2n) is 4.60. The molecule has 3 aromatic rings. The number of nitrogens with two attached hydrogens (primary N) is 1. The molecule has 2 heterocycles. The lowest BCUT2D eigenvalue weighted by atomic mass is 10.2. The summed E-state index contributed by atoms with van der Waals surface area (Å²) in [6, 6.07) is 5.30. The molecule has 108 valence electrons. The van der Waals surface area contributed by atoms with Crippen LogP contribution in [0.4, 0.5) is 0 Å². The topological polar surface area (TPSA) is 100.0 Å². The Morgan fingerprint density at radius 2 is 2.05 bits per heavy atom. The van der Waals surface area contributed by atoms with E-state index in [4.69, 9.17) is 15.0 Å². The van der Waals surface area contributed by atoms with Crippen LogP contribution in [0.3, 0.4) is 0 Å². The van der Waals surface area contributed by atoms with Crippen molar-refractivity contribution in [3.63, 3.8) is 0 Å². The maximum atomic E-state index is 5.96. The van der Waals surface area contributed by atoms with Crippen molar-refractivity contribution >= 4 is 11.0 Å². The summed E-state index contributed by atoms with van der Waals surface area (Å²) in [5.41, 5.74) is 8.38. The van der Waals surface area contributed by atoms with Crippen molar-refractivity contribution < 1.29 is 9.26 Å². The van der Waals surface area contributed by atoms with E-state index in [1.165, 1.54) is 0 Å². The number of hydrogen-bond acceptors (Lipinski definition) is 7. The maximum absolute atomic E-state index is 5.96. The summed E-state index contributed by atoms with van der Waals surface area (Å²) in [5.74, 6) is 0.895. The molecule has 2 N–H and O–H groups in total. The van der Waals surface area contributed by atoms with Gasteiger partial charge in [0, 0.05) is 31.7 Å².